The summed E-state index contributed by atoms with van der Waals surface area (Å²) in [4.78, 5) is 14.8. The molecule has 0 aliphatic carbocycles. The van der Waals surface area contributed by atoms with Crippen LogP contribution in [0, 0.1) is 0 Å². The molecule has 6 nitrogen and oxygen atoms in total. The van der Waals surface area contributed by atoms with Crippen LogP contribution in [0.3, 0.4) is 0 Å². The minimum Gasteiger partial charge on any atom is -0.487 e. The lowest BCUT2D eigenvalue weighted by atomic mass is 10.2. The van der Waals surface area contributed by atoms with Gasteiger partial charge in [0, 0.05) is 31.6 Å². The number of amides is 1. The highest BCUT2D eigenvalue weighted by molar-refractivity contribution is 7.89. The van der Waals surface area contributed by atoms with Crippen molar-refractivity contribution >= 4 is 27.5 Å². The molecule has 2 aromatic rings. The van der Waals surface area contributed by atoms with Crippen LogP contribution in [0.1, 0.15) is 30.6 Å². The zero-order valence-electron chi connectivity index (χ0n) is 16.5. The molecule has 1 aliphatic rings. The fraction of sp³-hybridized carbons (Fsp3) is 0.381. The average Bonchev–Trinajstić information content (AvgIpc) is 3.18. The molecule has 1 saturated heterocycles. The predicted molar refractivity (Wildman–Crippen MR) is 113 cm³/mol. The van der Waals surface area contributed by atoms with Gasteiger partial charge in [0.25, 0.3) is 5.91 Å². The standard InChI is InChI=1S/C21H25ClN2O4S/c1-3-24(4-2)29(26,27)18-9-7-8-16(14-18)21(25)23-13-12-17(15-23)28-20-11-6-5-10-19(20)22/h5-11,14,17H,3-4,12-13,15H2,1-2H3/t17-/m1/s1. The van der Waals surface area contributed by atoms with E-state index in [9.17, 15) is 13.2 Å². The number of hydrogen-bond acceptors (Lipinski definition) is 4. The van der Waals surface area contributed by atoms with Crippen molar-refractivity contribution in [2.75, 3.05) is 26.2 Å². The van der Waals surface area contributed by atoms with Crippen molar-refractivity contribution in [2.24, 2.45) is 0 Å². The van der Waals surface area contributed by atoms with Gasteiger partial charge in [-0.1, -0.05) is 43.6 Å². The molecule has 156 valence electrons. The number of nitrogens with zero attached hydrogens (tertiary/aromatic N) is 2. The van der Waals surface area contributed by atoms with Crippen molar-refractivity contribution in [3.8, 4) is 5.75 Å². The first-order valence-corrected chi connectivity index (χ1v) is 11.5. The van der Waals surface area contributed by atoms with Crippen LogP contribution in [0.2, 0.25) is 5.02 Å². The van der Waals surface area contributed by atoms with Gasteiger partial charge in [-0.15, -0.1) is 0 Å². The molecule has 1 amide bonds. The maximum absolute atomic E-state index is 12.9. The molecule has 0 unspecified atom stereocenters. The van der Waals surface area contributed by atoms with Crippen LogP contribution in [0.5, 0.6) is 5.75 Å². The SMILES string of the molecule is CCN(CC)S(=O)(=O)c1cccc(C(=O)N2CC[C@@H](Oc3ccccc3Cl)C2)c1. The molecule has 0 bridgehead atoms. The number of para-hydroxylation sites is 1. The van der Waals surface area contributed by atoms with Crippen LogP contribution in [-0.4, -0.2) is 55.8 Å². The Hall–Kier alpha value is -2.09. The van der Waals surface area contributed by atoms with Gasteiger partial charge in [-0.2, -0.15) is 4.31 Å². The molecular formula is C21H25ClN2O4S. The number of benzene rings is 2. The Kier molecular flexibility index (Phi) is 6.82. The zero-order chi connectivity index (χ0) is 21.0. The second kappa shape index (κ2) is 9.15. The van der Waals surface area contributed by atoms with E-state index in [4.69, 9.17) is 16.3 Å². The number of ether oxygens (including phenoxy) is 1. The molecular weight excluding hydrogens is 412 g/mol. The predicted octanol–water partition coefficient (Wildman–Crippen LogP) is 3.66. The molecule has 1 heterocycles. The molecule has 0 saturated carbocycles. The summed E-state index contributed by atoms with van der Waals surface area (Å²) < 4.78 is 32.8. The highest BCUT2D eigenvalue weighted by Gasteiger charge is 2.30. The average molecular weight is 437 g/mol. The van der Waals surface area contributed by atoms with Gasteiger partial charge in [0.15, 0.2) is 0 Å². The molecule has 2 aromatic carbocycles. The van der Waals surface area contributed by atoms with Crippen LogP contribution in [0.4, 0.5) is 0 Å². The second-order valence-corrected chi connectivity index (χ2v) is 9.17. The van der Waals surface area contributed by atoms with Crippen molar-refractivity contribution in [1.82, 2.24) is 9.21 Å². The molecule has 1 aliphatic heterocycles. The van der Waals surface area contributed by atoms with E-state index < -0.39 is 10.0 Å². The Balaban J connectivity index is 1.72. The molecule has 3 rings (SSSR count). The highest BCUT2D eigenvalue weighted by atomic mass is 35.5. The largest absolute Gasteiger partial charge is 0.487 e. The Morgan fingerprint density at radius 3 is 2.59 bits per heavy atom. The third-order valence-corrected chi connectivity index (χ3v) is 7.34. The zero-order valence-corrected chi connectivity index (χ0v) is 18.1. The number of carbonyl (C=O) groups excluding carboxylic acids is 1. The van der Waals surface area contributed by atoms with Crippen LogP contribution in [-0.2, 0) is 10.0 Å². The van der Waals surface area contributed by atoms with Gasteiger partial charge in [-0.3, -0.25) is 4.79 Å². The Labute approximate surface area is 177 Å². The van der Waals surface area contributed by atoms with E-state index in [0.717, 1.165) is 0 Å². The molecule has 1 atom stereocenters. The quantitative estimate of drug-likeness (QED) is 0.664. The molecule has 0 aromatic heterocycles. The summed E-state index contributed by atoms with van der Waals surface area (Å²) in [5.41, 5.74) is 0.358. The molecule has 8 heteroatoms. The van der Waals surface area contributed by atoms with E-state index in [-0.39, 0.29) is 16.9 Å². The van der Waals surface area contributed by atoms with Crippen LogP contribution >= 0.6 is 11.6 Å². The summed E-state index contributed by atoms with van der Waals surface area (Å²) in [6.45, 7) is 5.31. The van der Waals surface area contributed by atoms with Gasteiger partial charge in [0.05, 0.1) is 16.5 Å². The van der Waals surface area contributed by atoms with Gasteiger partial charge in [0.1, 0.15) is 11.9 Å². The first-order chi connectivity index (χ1) is 13.9. The number of rotatable bonds is 7. The number of hydrogen-bond donors (Lipinski definition) is 0. The van der Waals surface area contributed by atoms with Gasteiger partial charge in [-0.25, -0.2) is 8.42 Å². The fourth-order valence-electron chi connectivity index (χ4n) is 3.41. The van der Waals surface area contributed by atoms with Crippen LogP contribution in [0.25, 0.3) is 0 Å². The summed E-state index contributed by atoms with van der Waals surface area (Å²) in [5, 5.41) is 0.534. The molecule has 0 radical (unpaired) electrons. The maximum atomic E-state index is 12.9. The monoisotopic (exact) mass is 436 g/mol. The van der Waals surface area contributed by atoms with E-state index >= 15 is 0 Å². The van der Waals surface area contributed by atoms with Crippen molar-refractivity contribution in [1.29, 1.82) is 0 Å². The number of carbonyl (C=O) groups is 1. The minimum absolute atomic E-state index is 0.134. The minimum atomic E-state index is -3.61. The van der Waals surface area contributed by atoms with Crippen molar-refractivity contribution in [2.45, 2.75) is 31.3 Å². The first-order valence-electron chi connectivity index (χ1n) is 9.67. The Morgan fingerprint density at radius 2 is 1.90 bits per heavy atom. The maximum Gasteiger partial charge on any atom is 0.254 e. The van der Waals surface area contributed by atoms with Gasteiger partial charge in [0.2, 0.25) is 10.0 Å². The van der Waals surface area contributed by atoms with Crippen LogP contribution in [0.15, 0.2) is 53.4 Å². The number of halogens is 1. The van der Waals surface area contributed by atoms with E-state index in [0.29, 0.717) is 48.9 Å². The molecule has 1 fully saturated rings. The van der Waals surface area contributed by atoms with E-state index in [2.05, 4.69) is 0 Å². The highest BCUT2D eigenvalue weighted by Crippen LogP contribution is 2.27. The van der Waals surface area contributed by atoms with Gasteiger partial charge < -0.3 is 9.64 Å². The number of likely N-dealkylation sites (tertiary alicyclic amines) is 1. The van der Waals surface area contributed by atoms with E-state index in [1.165, 1.54) is 16.4 Å². The first kappa shape index (κ1) is 21.6. The van der Waals surface area contributed by atoms with Gasteiger partial charge >= 0.3 is 0 Å². The lowest BCUT2D eigenvalue weighted by Crippen LogP contribution is -2.32. The van der Waals surface area contributed by atoms with Crippen molar-refractivity contribution in [3.05, 3.63) is 59.1 Å². The smallest absolute Gasteiger partial charge is 0.254 e. The van der Waals surface area contributed by atoms with Crippen molar-refractivity contribution in [3.63, 3.8) is 0 Å². The fourth-order valence-corrected chi connectivity index (χ4v) is 5.10. The molecule has 0 N–H and O–H groups in total. The van der Waals surface area contributed by atoms with E-state index in [1.54, 1.807) is 43.0 Å². The van der Waals surface area contributed by atoms with Gasteiger partial charge in [-0.05, 0) is 30.3 Å². The number of sulfonamides is 1. The Morgan fingerprint density at radius 1 is 1.17 bits per heavy atom. The third-order valence-electron chi connectivity index (χ3n) is 4.99. The Bertz CT molecular complexity index is 976. The second-order valence-electron chi connectivity index (χ2n) is 6.83. The summed E-state index contributed by atoms with van der Waals surface area (Å²) in [6, 6.07) is 13.5. The summed E-state index contributed by atoms with van der Waals surface area (Å²) in [7, 11) is -3.61. The lowest BCUT2D eigenvalue weighted by molar-refractivity contribution is 0.0772. The normalized spacial score (nSPS) is 17.0. The topological polar surface area (TPSA) is 66.9 Å². The molecule has 0 spiro atoms. The van der Waals surface area contributed by atoms with Crippen LogP contribution < -0.4 is 4.74 Å². The summed E-state index contributed by atoms with van der Waals surface area (Å²) >= 11 is 6.14. The summed E-state index contributed by atoms with van der Waals surface area (Å²) in [6.07, 6.45) is 0.537. The third kappa shape index (κ3) is 4.74. The van der Waals surface area contributed by atoms with Crippen molar-refractivity contribution < 1.29 is 17.9 Å². The molecule has 29 heavy (non-hydrogen) atoms. The summed E-state index contributed by atoms with van der Waals surface area (Å²) in [5.74, 6) is 0.396. The lowest BCUT2D eigenvalue weighted by Gasteiger charge is -2.20. The van der Waals surface area contributed by atoms with E-state index in [1.807, 2.05) is 12.1 Å².